The van der Waals surface area contributed by atoms with Crippen molar-refractivity contribution in [1.29, 1.82) is 0 Å². The maximum atomic E-state index is 12.4. The van der Waals surface area contributed by atoms with Gasteiger partial charge in [-0.25, -0.2) is 4.98 Å². The zero-order valence-corrected chi connectivity index (χ0v) is 14.5. The lowest BCUT2D eigenvalue weighted by Gasteiger charge is -2.03. The van der Waals surface area contributed by atoms with E-state index in [4.69, 9.17) is 16.3 Å². The average Bonchev–Trinajstić information content (AvgIpc) is 2.96. The highest BCUT2D eigenvalue weighted by molar-refractivity contribution is 7.13. The van der Waals surface area contributed by atoms with Gasteiger partial charge in [0.2, 0.25) is 0 Å². The highest BCUT2D eigenvalue weighted by Crippen LogP contribution is 2.22. The van der Waals surface area contributed by atoms with Crippen LogP contribution >= 0.6 is 22.9 Å². The predicted octanol–water partition coefficient (Wildman–Crippen LogP) is 4.94. The summed E-state index contributed by atoms with van der Waals surface area (Å²) in [5, 5.41) is 4.28. The highest BCUT2D eigenvalue weighted by atomic mass is 35.5. The Morgan fingerprint density at radius 2 is 1.88 bits per heavy atom. The number of amides is 1. The number of aryl methyl sites for hydroxylation is 1. The summed E-state index contributed by atoms with van der Waals surface area (Å²) in [6.45, 7) is 2.13. The van der Waals surface area contributed by atoms with Gasteiger partial charge >= 0.3 is 0 Å². The van der Waals surface area contributed by atoms with Crippen LogP contribution in [0.5, 0.6) is 5.75 Å². The number of ether oxygens (including phenoxy) is 1. The van der Waals surface area contributed by atoms with E-state index >= 15 is 0 Å². The van der Waals surface area contributed by atoms with Crippen molar-refractivity contribution >= 4 is 34.5 Å². The van der Waals surface area contributed by atoms with E-state index in [0.29, 0.717) is 28.0 Å². The third kappa shape index (κ3) is 4.13. The van der Waals surface area contributed by atoms with Crippen molar-refractivity contribution in [1.82, 2.24) is 4.98 Å². The second-order valence-corrected chi connectivity index (χ2v) is 6.60. The van der Waals surface area contributed by atoms with Crippen molar-refractivity contribution in [3.05, 3.63) is 75.2 Å². The van der Waals surface area contributed by atoms with E-state index in [9.17, 15) is 4.79 Å². The second-order valence-electron chi connectivity index (χ2n) is 5.08. The lowest BCUT2D eigenvalue weighted by molar-refractivity contribution is 0.103. The van der Waals surface area contributed by atoms with Crippen LogP contribution in [0.25, 0.3) is 0 Å². The van der Waals surface area contributed by atoms with Crippen LogP contribution in [0.2, 0.25) is 5.02 Å². The molecular weight excluding hydrogens is 344 g/mol. The Balaban J connectivity index is 1.66. The summed E-state index contributed by atoms with van der Waals surface area (Å²) >= 11 is 7.18. The fourth-order valence-electron chi connectivity index (χ4n) is 2.11. The molecule has 0 fully saturated rings. The minimum atomic E-state index is -0.158. The molecule has 1 heterocycles. The highest BCUT2D eigenvalue weighted by Gasteiger charge is 2.15. The molecule has 0 saturated heterocycles. The minimum Gasteiger partial charge on any atom is -0.486 e. The maximum absolute atomic E-state index is 12.4. The first-order valence-corrected chi connectivity index (χ1v) is 8.52. The number of carbonyl (C=O) groups excluding carboxylic acids is 1. The second kappa shape index (κ2) is 7.47. The van der Waals surface area contributed by atoms with E-state index < -0.39 is 0 Å². The summed E-state index contributed by atoms with van der Waals surface area (Å²) in [6.07, 6.45) is 0. The van der Waals surface area contributed by atoms with E-state index in [2.05, 4.69) is 10.3 Å². The van der Waals surface area contributed by atoms with Crippen LogP contribution < -0.4 is 10.1 Å². The summed E-state index contributed by atoms with van der Waals surface area (Å²) in [5.74, 6) is 0.552. The number of nitrogens with zero attached hydrogens (tertiary/aromatic N) is 1. The first-order valence-electron chi connectivity index (χ1n) is 7.33. The molecule has 0 radical (unpaired) electrons. The van der Waals surface area contributed by atoms with Gasteiger partial charge in [-0.1, -0.05) is 29.8 Å². The van der Waals surface area contributed by atoms with Gasteiger partial charge in [0.05, 0.1) is 5.69 Å². The molecular formula is C18H15ClN2O2S. The van der Waals surface area contributed by atoms with Crippen molar-refractivity contribution in [3.63, 3.8) is 0 Å². The Labute approximate surface area is 149 Å². The number of rotatable bonds is 5. The number of nitrogens with one attached hydrogen (secondary N) is 1. The molecule has 0 unspecified atom stereocenters. The third-order valence-electron chi connectivity index (χ3n) is 3.25. The molecule has 0 bridgehead atoms. The van der Waals surface area contributed by atoms with Gasteiger partial charge in [0.15, 0.2) is 0 Å². The van der Waals surface area contributed by atoms with Gasteiger partial charge in [-0.15, -0.1) is 11.3 Å². The molecule has 0 saturated carbocycles. The summed E-state index contributed by atoms with van der Waals surface area (Å²) in [5.41, 5.74) is 1.46. The molecule has 6 heteroatoms. The number of carbonyl (C=O) groups is 1. The largest absolute Gasteiger partial charge is 0.486 e. The van der Waals surface area contributed by atoms with Crippen molar-refractivity contribution < 1.29 is 9.53 Å². The molecule has 0 aliphatic heterocycles. The zero-order chi connectivity index (χ0) is 16.9. The van der Waals surface area contributed by atoms with Crippen LogP contribution in [0, 0.1) is 6.92 Å². The van der Waals surface area contributed by atoms with Crippen LogP contribution in [-0.4, -0.2) is 10.9 Å². The van der Waals surface area contributed by atoms with Gasteiger partial charge in [-0.05, 0) is 43.3 Å². The SMILES string of the molecule is Cc1nc(COc2ccc(Cl)cc2)sc1C(=O)Nc1ccccc1. The summed E-state index contributed by atoms with van der Waals surface area (Å²) in [4.78, 5) is 17.4. The van der Waals surface area contributed by atoms with Gasteiger partial charge in [0.1, 0.15) is 22.2 Å². The van der Waals surface area contributed by atoms with Gasteiger partial charge in [0, 0.05) is 10.7 Å². The summed E-state index contributed by atoms with van der Waals surface area (Å²) < 4.78 is 5.67. The molecule has 3 rings (SSSR count). The molecule has 0 spiro atoms. The van der Waals surface area contributed by atoms with Crippen molar-refractivity contribution in [2.45, 2.75) is 13.5 Å². The molecule has 0 aliphatic carbocycles. The van der Waals surface area contributed by atoms with E-state index in [-0.39, 0.29) is 5.91 Å². The number of anilines is 1. The van der Waals surface area contributed by atoms with E-state index in [0.717, 1.165) is 10.7 Å². The predicted molar refractivity (Wildman–Crippen MR) is 97.0 cm³/mol. The molecule has 24 heavy (non-hydrogen) atoms. The lowest BCUT2D eigenvalue weighted by Crippen LogP contribution is -2.11. The van der Waals surface area contributed by atoms with Crippen molar-refractivity contribution in [2.75, 3.05) is 5.32 Å². The minimum absolute atomic E-state index is 0.158. The first kappa shape index (κ1) is 16.5. The maximum Gasteiger partial charge on any atom is 0.267 e. The molecule has 3 aromatic rings. The summed E-state index contributed by atoms with van der Waals surface area (Å²) in [7, 11) is 0. The summed E-state index contributed by atoms with van der Waals surface area (Å²) in [6, 6.07) is 16.5. The van der Waals surface area contributed by atoms with E-state index in [1.54, 1.807) is 24.3 Å². The van der Waals surface area contributed by atoms with E-state index in [1.165, 1.54) is 11.3 Å². The number of thiazole rings is 1. The molecule has 2 aromatic carbocycles. The standard InChI is InChI=1S/C18H15ClN2O2S/c1-12-17(18(22)21-14-5-3-2-4-6-14)24-16(20-12)11-23-15-9-7-13(19)8-10-15/h2-10H,11H2,1H3,(H,21,22). The van der Waals surface area contributed by atoms with Crippen LogP contribution in [0.1, 0.15) is 20.4 Å². The van der Waals surface area contributed by atoms with Crippen LogP contribution in [0.3, 0.4) is 0 Å². The van der Waals surface area contributed by atoms with Crippen molar-refractivity contribution in [3.8, 4) is 5.75 Å². The Bertz CT molecular complexity index is 832. The zero-order valence-electron chi connectivity index (χ0n) is 13.0. The van der Waals surface area contributed by atoms with Gasteiger partial charge in [-0.2, -0.15) is 0 Å². The monoisotopic (exact) mass is 358 g/mol. The number of benzene rings is 2. The lowest BCUT2D eigenvalue weighted by atomic mass is 10.3. The molecule has 1 aromatic heterocycles. The number of halogens is 1. The van der Waals surface area contributed by atoms with Gasteiger partial charge in [-0.3, -0.25) is 4.79 Å². The Hall–Kier alpha value is -2.37. The number of hydrogen-bond acceptors (Lipinski definition) is 4. The molecule has 1 amide bonds. The molecule has 1 N–H and O–H groups in total. The van der Waals surface area contributed by atoms with E-state index in [1.807, 2.05) is 37.3 Å². The number of para-hydroxylation sites is 1. The Morgan fingerprint density at radius 3 is 2.58 bits per heavy atom. The Kier molecular flexibility index (Phi) is 5.13. The molecule has 0 atom stereocenters. The van der Waals surface area contributed by atoms with Crippen LogP contribution in [0.15, 0.2) is 54.6 Å². The normalized spacial score (nSPS) is 10.4. The van der Waals surface area contributed by atoms with Gasteiger partial charge in [0.25, 0.3) is 5.91 Å². The molecule has 122 valence electrons. The van der Waals surface area contributed by atoms with Crippen LogP contribution in [0.4, 0.5) is 5.69 Å². The average molecular weight is 359 g/mol. The smallest absolute Gasteiger partial charge is 0.267 e. The van der Waals surface area contributed by atoms with Gasteiger partial charge < -0.3 is 10.1 Å². The Morgan fingerprint density at radius 1 is 1.17 bits per heavy atom. The van der Waals surface area contributed by atoms with Crippen molar-refractivity contribution in [2.24, 2.45) is 0 Å². The molecule has 4 nitrogen and oxygen atoms in total. The van der Waals surface area contributed by atoms with Crippen LogP contribution in [-0.2, 0) is 6.61 Å². The third-order valence-corrected chi connectivity index (χ3v) is 4.64. The quantitative estimate of drug-likeness (QED) is 0.703. The number of hydrogen-bond donors (Lipinski definition) is 1. The fraction of sp³-hybridized carbons (Fsp3) is 0.111. The topological polar surface area (TPSA) is 51.2 Å². The fourth-order valence-corrected chi connectivity index (χ4v) is 3.11. The number of aromatic nitrogens is 1. The first-order chi connectivity index (χ1) is 11.6. The molecule has 0 aliphatic rings.